The minimum absolute atomic E-state index is 0.0143. The number of aromatic nitrogens is 3. The van der Waals surface area contributed by atoms with Crippen LogP contribution in [0.15, 0.2) is 42.6 Å². The van der Waals surface area contributed by atoms with Crippen molar-refractivity contribution in [1.82, 2.24) is 14.5 Å². The third-order valence-electron chi connectivity index (χ3n) is 4.96. The number of carbonyl (C=O) groups excluding carboxylic acids is 1. The normalized spacial score (nSPS) is 22.5. The summed E-state index contributed by atoms with van der Waals surface area (Å²) in [5.41, 5.74) is 4.87. The number of aliphatic hydroxyl groups is 1. The van der Waals surface area contributed by atoms with Crippen LogP contribution < -0.4 is 10.5 Å². The van der Waals surface area contributed by atoms with Gasteiger partial charge >= 0.3 is 6.16 Å². The Morgan fingerprint density at radius 3 is 2.91 bits per heavy atom. The molecule has 0 bridgehead atoms. The topological polar surface area (TPSA) is 131 Å². The molecule has 4 rings (SSSR count). The second kappa shape index (κ2) is 9.02. The van der Waals surface area contributed by atoms with E-state index in [9.17, 15) is 9.90 Å². The maximum Gasteiger partial charge on any atom is 0.515 e. The average molecular weight is 459 g/mol. The van der Waals surface area contributed by atoms with Crippen LogP contribution in [-0.4, -0.2) is 50.9 Å². The lowest BCUT2D eigenvalue weighted by atomic mass is 9.99. The molecule has 3 heterocycles. The monoisotopic (exact) mass is 458 g/mol. The lowest BCUT2D eigenvalue weighted by Gasteiger charge is -2.26. The highest BCUT2D eigenvalue weighted by Crippen LogP contribution is 2.38. The SMILES string of the molecule is C#C[C@]1(COCOC(=O)Oc2ccccc2)O[C@@H](n2ccc3c(N)nc(Cl)nc32)C[C@@H]1O. The Labute approximate surface area is 187 Å². The van der Waals surface area contributed by atoms with Crippen LogP contribution in [0.3, 0.4) is 0 Å². The van der Waals surface area contributed by atoms with Gasteiger partial charge in [-0.2, -0.15) is 4.98 Å². The molecular weight excluding hydrogens is 440 g/mol. The molecule has 10 nitrogen and oxygen atoms in total. The van der Waals surface area contributed by atoms with Crippen LogP contribution in [-0.2, 0) is 14.2 Å². The highest BCUT2D eigenvalue weighted by atomic mass is 35.5. The smallest absolute Gasteiger partial charge is 0.407 e. The van der Waals surface area contributed by atoms with Crippen molar-refractivity contribution in [3.63, 3.8) is 0 Å². The van der Waals surface area contributed by atoms with Crippen LogP contribution in [0.2, 0.25) is 5.28 Å². The Morgan fingerprint density at radius 1 is 1.38 bits per heavy atom. The summed E-state index contributed by atoms with van der Waals surface area (Å²) in [6.45, 7) is -0.668. The summed E-state index contributed by atoms with van der Waals surface area (Å²) < 4.78 is 22.9. The summed E-state index contributed by atoms with van der Waals surface area (Å²) in [5, 5.41) is 11.2. The van der Waals surface area contributed by atoms with Crippen LogP contribution in [0.4, 0.5) is 10.6 Å². The third kappa shape index (κ3) is 4.32. The molecule has 1 fully saturated rings. The summed E-state index contributed by atoms with van der Waals surface area (Å²) >= 11 is 5.92. The number of anilines is 1. The fourth-order valence-electron chi connectivity index (χ4n) is 3.38. The predicted octanol–water partition coefficient (Wildman–Crippen LogP) is 2.51. The summed E-state index contributed by atoms with van der Waals surface area (Å²) in [5.74, 6) is 3.01. The fourth-order valence-corrected chi connectivity index (χ4v) is 3.55. The van der Waals surface area contributed by atoms with Crippen molar-refractivity contribution >= 4 is 34.6 Å². The molecule has 3 aromatic rings. The Kier molecular flexibility index (Phi) is 6.16. The number of hydrogen-bond acceptors (Lipinski definition) is 9. The molecule has 3 atom stereocenters. The standard InChI is InChI=1S/C21H19ClN4O6/c1-2-21(11-29-12-30-20(28)31-13-6-4-3-5-7-13)15(27)10-16(32-21)26-9-8-14-17(23)24-19(22)25-18(14)26/h1,3-9,15-16,27H,10-12H2,(H2,23,24,25)/t15-,16+,21+/m0/s1. The van der Waals surface area contributed by atoms with Crippen LogP contribution >= 0.6 is 11.6 Å². The van der Waals surface area contributed by atoms with E-state index in [1.165, 1.54) is 0 Å². The zero-order valence-electron chi connectivity index (χ0n) is 16.7. The average Bonchev–Trinajstić information content (AvgIpc) is 3.33. The Morgan fingerprint density at radius 2 is 2.16 bits per heavy atom. The number of benzene rings is 1. The van der Waals surface area contributed by atoms with Gasteiger partial charge in [0.1, 0.15) is 29.5 Å². The van der Waals surface area contributed by atoms with Crippen molar-refractivity contribution in [3.8, 4) is 18.1 Å². The van der Waals surface area contributed by atoms with Gasteiger partial charge in [0.15, 0.2) is 12.4 Å². The van der Waals surface area contributed by atoms with Gasteiger partial charge < -0.3 is 34.4 Å². The van der Waals surface area contributed by atoms with Gasteiger partial charge in [0.05, 0.1) is 12.0 Å². The van der Waals surface area contributed by atoms with Gasteiger partial charge in [0.2, 0.25) is 5.28 Å². The van der Waals surface area contributed by atoms with E-state index >= 15 is 0 Å². The molecule has 11 heteroatoms. The molecule has 32 heavy (non-hydrogen) atoms. The molecule has 1 aliphatic heterocycles. The highest BCUT2D eigenvalue weighted by Gasteiger charge is 2.48. The van der Waals surface area contributed by atoms with Gasteiger partial charge in [0, 0.05) is 12.6 Å². The lowest BCUT2D eigenvalue weighted by Crippen LogP contribution is -2.43. The zero-order chi connectivity index (χ0) is 22.7. The maximum absolute atomic E-state index is 11.7. The minimum atomic E-state index is -1.46. The van der Waals surface area contributed by atoms with Crippen molar-refractivity contribution in [2.75, 3.05) is 19.1 Å². The number of hydrogen-bond donors (Lipinski definition) is 2. The molecular formula is C21H19ClN4O6. The van der Waals surface area contributed by atoms with E-state index in [4.69, 9.17) is 42.7 Å². The first-order valence-corrected chi connectivity index (χ1v) is 9.90. The first kappa shape index (κ1) is 21.9. The molecule has 0 spiro atoms. The Balaban J connectivity index is 1.38. The summed E-state index contributed by atoms with van der Waals surface area (Å²) in [4.78, 5) is 19.8. The summed E-state index contributed by atoms with van der Waals surface area (Å²) in [6.07, 6.45) is 4.86. The highest BCUT2D eigenvalue weighted by molar-refractivity contribution is 6.28. The van der Waals surface area contributed by atoms with Crippen LogP contribution in [0.1, 0.15) is 12.6 Å². The second-order valence-corrected chi connectivity index (χ2v) is 7.31. The number of nitrogen functional groups attached to an aromatic ring is 1. The number of aliphatic hydroxyl groups excluding tert-OH is 1. The summed E-state index contributed by atoms with van der Waals surface area (Å²) in [7, 11) is 0. The molecule has 1 aromatic carbocycles. The number of para-hydroxylation sites is 1. The molecule has 0 unspecified atom stereocenters. The number of halogens is 1. The number of rotatable bonds is 6. The maximum atomic E-state index is 11.7. The number of ether oxygens (including phenoxy) is 4. The number of terminal acetylenes is 1. The van der Waals surface area contributed by atoms with E-state index in [-0.39, 0.29) is 24.1 Å². The van der Waals surface area contributed by atoms with Crippen molar-refractivity contribution in [2.45, 2.75) is 24.4 Å². The van der Waals surface area contributed by atoms with Crippen molar-refractivity contribution in [1.29, 1.82) is 0 Å². The van der Waals surface area contributed by atoms with Gasteiger partial charge in [-0.15, -0.1) is 6.42 Å². The fraction of sp³-hybridized carbons (Fsp3) is 0.286. The van der Waals surface area contributed by atoms with Gasteiger partial charge in [0.25, 0.3) is 0 Å². The minimum Gasteiger partial charge on any atom is -0.407 e. The summed E-state index contributed by atoms with van der Waals surface area (Å²) in [6, 6.07) is 10.1. The van der Waals surface area contributed by atoms with Crippen molar-refractivity contribution in [3.05, 3.63) is 47.9 Å². The number of fused-ring (bicyclic) bond motifs is 1. The van der Waals surface area contributed by atoms with E-state index in [0.717, 1.165) is 0 Å². The molecule has 1 aliphatic rings. The lowest BCUT2D eigenvalue weighted by molar-refractivity contribution is -0.129. The van der Waals surface area contributed by atoms with Gasteiger partial charge in [-0.3, -0.25) is 0 Å². The molecule has 0 radical (unpaired) electrons. The van der Waals surface area contributed by atoms with E-state index in [1.54, 1.807) is 47.2 Å². The Hall–Kier alpha value is -3.36. The zero-order valence-corrected chi connectivity index (χ0v) is 17.4. The number of nitrogens with zero attached hydrogens (tertiary/aromatic N) is 3. The molecule has 0 amide bonds. The molecule has 2 aromatic heterocycles. The van der Waals surface area contributed by atoms with Crippen LogP contribution in [0.25, 0.3) is 11.0 Å². The first-order chi connectivity index (χ1) is 15.4. The van der Waals surface area contributed by atoms with E-state index in [0.29, 0.717) is 16.8 Å². The van der Waals surface area contributed by atoms with E-state index in [2.05, 4.69) is 15.9 Å². The predicted molar refractivity (Wildman–Crippen MR) is 114 cm³/mol. The van der Waals surface area contributed by atoms with E-state index in [1.807, 2.05) is 0 Å². The van der Waals surface area contributed by atoms with Gasteiger partial charge in [-0.1, -0.05) is 24.1 Å². The first-order valence-electron chi connectivity index (χ1n) is 9.52. The van der Waals surface area contributed by atoms with Gasteiger partial charge in [-0.05, 0) is 29.8 Å². The largest absolute Gasteiger partial charge is 0.515 e. The number of carbonyl (C=O) groups is 1. The van der Waals surface area contributed by atoms with Crippen LogP contribution in [0, 0.1) is 12.3 Å². The quantitative estimate of drug-likeness (QED) is 0.143. The van der Waals surface area contributed by atoms with Crippen LogP contribution in [0.5, 0.6) is 5.75 Å². The van der Waals surface area contributed by atoms with Crippen molar-refractivity contribution < 1.29 is 28.8 Å². The molecule has 0 saturated carbocycles. The molecule has 1 saturated heterocycles. The van der Waals surface area contributed by atoms with E-state index < -0.39 is 30.9 Å². The van der Waals surface area contributed by atoms with Gasteiger partial charge in [-0.25, -0.2) is 9.78 Å². The molecule has 3 N–H and O–H groups in total. The molecule has 0 aliphatic carbocycles. The molecule has 166 valence electrons. The number of nitrogens with two attached hydrogens (primary N) is 1. The Bertz CT molecular complexity index is 1160. The van der Waals surface area contributed by atoms with Crippen molar-refractivity contribution in [2.24, 2.45) is 0 Å². The third-order valence-corrected chi connectivity index (χ3v) is 5.13. The second-order valence-electron chi connectivity index (χ2n) is 6.97.